The van der Waals surface area contributed by atoms with Crippen LogP contribution < -0.4 is 0 Å². The van der Waals surface area contributed by atoms with Crippen LogP contribution in [0.15, 0.2) is 42.5 Å². The second-order valence-corrected chi connectivity index (χ2v) is 7.74. The molecule has 0 spiro atoms. The van der Waals surface area contributed by atoms with Crippen LogP contribution in [0.1, 0.15) is 25.3 Å². The average Bonchev–Trinajstić information content (AvgIpc) is 3.20. The minimum atomic E-state index is -0.834. The second kappa shape index (κ2) is 7.02. The van der Waals surface area contributed by atoms with Gasteiger partial charge in [-0.05, 0) is 73.4 Å². The molecule has 1 amide bonds. The number of carbonyl (C=O) groups excluding carboxylic acids is 1. The van der Waals surface area contributed by atoms with E-state index >= 15 is 0 Å². The number of aryl methyl sites for hydroxylation is 1. The fourth-order valence-electron chi connectivity index (χ4n) is 3.89. The molecule has 1 aliphatic heterocycles. The van der Waals surface area contributed by atoms with E-state index in [1.807, 2.05) is 0 Å². The first-order valence-corrected chi connectivity index (χ1v) is 9.39. The molecule has 1 aromatic heterocycles. The summed E-state index contributed by atoms with van der Waals surface area (Å²) in [5.41, 5.74) is 2.32. The number of halogens is 2. The molecule has 28 heavy (non-hydrogen) atoms. The maximum Gasteiger partial charge on any atom is 0.223 e. The number of β-amino-alcohol motifs (C(OH)–C–C–N with tert-alkyl or cyclic N) is 1. The standard InChI is InChI=1S/C22H22F2N2O2/c1-22(28)10-11-26(13-22)20(27)9-7-17-18-12-16(24)6-8-19(18)25-21(17)14-2-4-15(23)5-3-14/h2-6,8,12,25,28H,7,9-11,13H2,1H3. The molecule has 1 fully saturated rings. The first-order valence-electron chi connectivity index (χ1n) is 9.39. The smallest absolute Gasteiger partial charge is 0.223 e. The Labute approximate surface area is 161 Å². The number of hydrogen-bond acceptors (Lipinski definition) is 2. The van der Waals surface area contributed by atoms with Gasteiger partial charge in [0.05, 0.1) is 5.60 Å². The molecule has 6 heteroatoms. The van der Waals surface area contributed by atoms with Gasteiger partial charge in [-0.1, -0.05) is 0 Å². The highest BCUT2D eigenvalue weighted by atomic mass is 19.1. The van der Waals surface area contributed by atoms with Crippen LogP contribution in [0.25, 0.3) is 22.2 Å². The average molecular weight is 384 g/mol. The van der Waals surface area contributed by atoms with Gasteiger partial charge in [0.15, 0.2) is 0 Å². The number of nitrogens with zero attached hydrogens (tertiary/aromatic N) is 1. The third-order valence-electron chi connectivity index (χ3n) is 5.39. The van der Waals surface area contributed by atoms with Gasteiger partial charge in [-0.15, -0.1) is 0 Å². The Hall–Kier alpha value is -2.73. The number of H-pyrrole nitrogens is 1. The van der Waals surface area contributed by atoms with Crippen LogP contribution in [-0.4, -0.2) is 39.6 Å². The van der Waals surface area contributed by atoms with Gasteiger partial charge in [0.2, 0.25) is 5.91 Å². The van der Waals surface area contributed by atoms with Crippen LogP contribution in [0, 0.1) is 11.6 Å². The van der Waals surface area contributed by atoms with Gasteiger partial charge in [0.1, 0.15) is 11.6 Å². The van der Waals surface area contributed by atoms with Crippen LogP contribution in [0.3, 0.4) is 0 Å². The molecule has 1 saturated heterocycles. The lowest BCUT2D eigenvalue weighted by Crippen LogP contribution is -2.34. The molecule has 0 bridgehead atoms. The van der Waals surface area contributed by atoms with Crippen LogP contribution in [0.4, 0.5) is 8.78 Å². The van der Waals surface area contributed by atoms with E-state index in [2.05, 4.69) is 4.98 Å². The van der Waals surface area contributed by atoms with Crippen molar-refractivity contribution in [2.24, 2.45) is 0 Å². The fourth-order valence-corrected chi connectivity index (χ4v) is 3.89. The van der Waals surface area contributed by atoms with E-state index in [9.17, 15) is 18.7 Å². The quantitative estimate of drug-likeness (QED) is 0.714. The summed E-state index contributed by atoms with van der Waals surface area (Å²) in [6.07, 6.45) is 1.25. The van der Waals surface area contributed by atoms with E-state index in [0.29, 0.717) is 25.9 Å². The Morgan fingerprint density at radius 1 is 1.18 bits per heavy atom. The maximum absolute atomic E-state index is 13.8. The predicted octanol–water partition coefficient (Wildman–Crippen LogP) is 4.03. The Balaban J connectivity index is 1.65. The number of nitrogens with one attached hydrogen (secondary N) is 1. The fraction of sp³-hybridized carbons (Fsp3) is 0.318. The van der Waals surface area contributed by atoms with Gasteiger partial charge in [-0.3, -0.25) is 4.79 Å². The summed E-state index contributed by atoms with van der Waals surface area (Å²) in [6, 6.07) is 10.6. The van der Waals surface area contributed by atoms with Gasteiger partial charge in [0.25, 0.3) is 0 Å². The maximum atomic E-state index is 13.8. The molecule has 2 aromatic carbocycles. The number of benzene rings is 2. The van der Waals surface area contributed by atoms with Crippen LogP contribution in [-0.2, 0) is 11.2 Å². The van der Waals surface area contributed by atoms with Crippen molar-refractivity contribution in [3.8, 4) is 11.3 Å². The van der Waals surface area contributed by atoms with Crippen molar-refractivity contribution in [1.29, 1.82) is 0 Å². The van der Waals surface area contributed by atoms with Crippen molar-refractivity contribution in [1.82, 2.24) is 9.88 Å². The van der Waals surface area contributed by atoms with E-state index < -0.39 is 5.60 Å². The molecule has 3 aromatic rings. The number of fused-ring (bicyclic) bond motifs is 1. The Morgan fingerprint density at radius 3 is 2.57 bits per heavy atom. The zero-order valence-corrected chi connectivity index (χ0v) is 15.6. The number of rotatable bonds is 4. The molecular weight excluding hydrogens is 362 g/mol. The van der Waals surface area contributed by atoms with Crippen LogP contribution >= 0.6 is 0 Å². The highest BCUT2D eigenvalue weighted by Crippen LogP contribution is 2.32. The topological polar surface area (TPSA) is 56.3 Å². The number of aliphatic hydroxyl groups is 1. The third kappa shape index (κ3) is 3.64. The predicted molar refractivity (Wildman–Crippen MR) is 104 cm³/mol. The van der Waals surface area contributed by atoms with E-state index in [1.165, 1.54) is 24.3 Å². The molecular formula is C22H22F2N2O2. The number of likely N-dealkylation sites (tertiary alicyclic amines) is 1. The largest absolute Gasteiger partial charge is 0.388 e. The lowest BCUT2D eigenvalue weighted by Gasteiger charge is -2.19. The first kappa shape index (κ1) is 18.6. The van der Waals surface area contributed by atoms with Crippen LogP contribution in [0.2, 0.25) is 0 Å². The molecule has 1 aliphatic rings. The highest BCUT2D eigenvalue weighted by Gasteiger charge is 2.33. The van der Waals surface area contributed by atoms with Crippen molar-refractivity contribution in [2.45, 2.75) is 31.8 Å². The summed E-state index contributed by atoms with van der Waals surface area (Å²) in [6.45, 7) is 2.60. The van der Waals surface area contributed by atoms with Crippen molar-refractivity contribution in [3.63, 3.8) is 0 Å². The zero-order valence-electron chi connectivity index (χ0n) is 15.6. The number of aromatic amines is 1. The SMILES string of the molecule is CC1(O)CCN(C(=O)CCc2c(-c3ccc(F)cc3)[nH]c3ccc(F)cc23)C1. The third-order valence-corrected chi connectivity index (χ3v) is 5.39. The molecule has 0 saturated carbocycles. The Bertz CT molecular complexity index is 1020. The number of aromatic nitrogens is 1. The molecule has 2 heterocycles. The summed E-state index contributed by atoms with van der Waals surface area (Å²) in [5, 5.41) is 10.8. The normalized spacial score (nSPS) is 19.5. The zero-order chi connectivity index (χ0) is 19.9. The summed E-state index contributed by atoms with van der Waals surface area (Å²) in [5.74, 6) is -0.711. The first-order chi connectivity index (χ1) is 13.3. The van der Waals surface area contributed by atoms with Crippen molar-refractivity contribution < 1.29 is 18.7 Å². The van der Waals surface area contributed by atoms with Crippen molar-refractivity contribution in [2.75, 3.05) is 13.1 Å². The molecule has 0 radical (unpaired) electrons. The van der Waals surface area contributed by atoms with Gasteiger partial charge >= 0.3 is 0 Å². The molecule has 1 atom stereocenters. The lowest BCUT2D eigenvalue weighted by molar-refractivity contribution is -0.131. The van der Waals surface area contributed by atoms with Crippen molar-refractivity contribution in [3.05, 3.63) is 59.7 Å². The van der Waals surface area contributed by atoms with E-state index in [-0.39, 0.29) is 24.0 Å². The minimum Gasteiger partial charge on any atom is -0.388 e. The molecule has 4 rings (SSSR count). The molecule has 1 unspecified atom stereocenters. The molecule has 2 N–H and O–H groups in total. The molecule has 0 aliphatic carbocycles. The number of carbonyl (C=O) groups is 1. The van der Waals surface area contributed by atoms with Gasteiger partial charge in [-0.25, -0.2) is 8.78 Å². The van der Waals surface area contributed by atoms with Crippen molar-refractivity contribution >= 4 is 16.8 Å². The van der Waals surface area contributed by atoms with E-state index in [1.54, 1.807) is 30.0 Å². The summed E-state index contributed by atoms with van der Waals surface area (Å²) in [7, 11) is 0. The lowest BCUT2D eigenvalue weighted by atomic mass is 10.0. The summed E-state index contributed by atoms with van der Waals surface area (Å²) in [4.78, 5) is 17.6. The number of amides is 1. The van der Waals surface area contributed by atoms with Gasteiger partial charge in [0, 0.05) is 36.1 Å². The summed E-state index contributed by atoms with van der Waals surface area (Å²) < 4.78 is 27.2. The monoisotopic (exact) mass is 384 g/mol. The van der Waals surface area contributed by atoms with E-state index in [0.717, 1.165) is 27.7 Å². The molecule has 146 valence electrons. The molecule has 4 nitrogen and oxygen atoms in total. The Morgan fingerprint density at radius 2 is 1.89 bits per heavy atom. The van der Waals surface area contributed by atoms with E-state index in [4.69, 9.17) is 0 Å². The highest BCUT2D eigenvalue weighted by molar-refractivity contribution is 5.91. The minimum absolute atomic E-state index is 0.0337. The Kier molecular flexibility index (Phi) is 4.67. The van der Waals surface area contributed by atoms with Gasteiger partial charge in [-0.2, -0.15) is 0 Å². The van der Waals surface area contributed by atoms with Crippen LogP contribution in [0.5, 0.6) is 0 Å². The second-order valence-electron chi connectivity index (χ2n) is 7.74. The summed E-state index contributed by atoms with van der Waals surface area (Å²) >= 11 is 0. The number of hydrogen-bond donors (Lipinski definition) is 2. The van der Waals surface area contributed by atoms with Gasteiger partial charge < -0.3 is 15.0 Å².